The van der Waals surface area contributed by atoms with Crippen LogP contribution >= 0.6 is 0 Å². The molecule has 0 aromatic carbocycles. The molecule has 0 saturated carbocycles. The minimum absolute atomic E-state index is 0.167. The maximum atomic E-state index is 12.7. The van der Waals surface area contributed by atoms with Crippen LogP contribution in [0.25, 0.3) is 0 Å². The van der Waals surface area contributed by atoms with Gasteiger partial charge in [0.05, 0.1) is 0 Å². The second-order valence-corrected chi connectivity index (χ2v) is 14.6. The molecule has 6 heteroatoms. The van der Waals surface area contributed by atoms with E-state index < -0.39 is 12.1 Å². The van der Waals surface area contributed by atoms with E-state index in [1.165, 1.54) is 0 Å². The lowest BCUT2D eigenvalue weighted by molar-refractivity contribution is -0.166. The van der Waals surface area contributed by atoms with Crippen LogP contribution < -0.4 is 0 Å². The van der Waals surface area contributed by atoms with Crippen molar-refractivity contribution >= 4 is 17.9 Å². The minimum Gasteiger partial charge on any atom is -0.462 e. The Kier molecular flexibility index (Phi) is 45.9. The van der Waals surface area contributed by atoms with Gasteiger partial charge in [-0.25, -0.2) is 0 Å². The van der Waals surface area contributed by atoms with Gasteiger partial charge in [-0.15, -0.1) is 0 Å². The van der Waals surface area contributed by atoms with Crippen LogP contribution in [0.1, 0.15) is 143 Å². The van der Waals surface area contributed by atoms with Crippen molar-refractivity contribution in [3.8, 4) is 0 Å². The van der Waals surface area contributed by atoms with Crippen LogP contribution in [0.5, 0.6) is 0 Å². The zero-order chi connectivity index (χ0) is 46.5. The van der Waals surface area contributed by atoms with Crippen molar-refractivity contribution in [2.24, 2.45) is 0 Å². The largest absolute Gasteiger partial charge is 0.462 e. The van der Waals surface area contributed by atoms with Gasteiger partial charge in [0.1, 0.15) is 13.2 Å². The zero-order valence-corrected chi connectivity index (χ0v) is 39.7. The van der Waals surface area contributed by atoms with E-state index in [-0.39, 0.29) is 44.4 Å². The Balaban J connectivity index is 4.74. The number of allylic oxidation sites excluding steroid dienone is 30. The molecular weight excluding hydrogens is 793 g/mol. The van der Waals surface area contributed by atoms with E-state index in [4.69, 9.17) is 14.2 Å². The van der Waals surface area contributed by atoms with Gasteiger partial charge >= 0.3 is 17.9 Å². The zero-order valence-electron chi connectivity index (χ0n) is 39.7. The molecule has 0 spiro atoms. The van der Waals surface area contributed by atoms with E-state index in [9.17, 15) is 14.4 Å². The predicted molar refractivity (Wildman–Crippen MR) is 274 cm³/mol. The third-order valence-electron chi connectivity index (χ3n) is 8.78. The van der Waals surface area contributed by atoms with Gasteiger partial charge in [0.25, 0.3) is 0 Å². The Hall–Kier alpha value is -5.49. The van der Waals surface area contributed by atoms with E-state index in [2.05, 4.69) is 136 Å². The molecule has 64 heavy (non-hydrogen) atoms. The lowest BCUT2D eigenvalue weighted by atomic mass is 10.2. The summed E-state index contributed by atoms with van der Waals surface area (Å²) >= 11 is 0. The second kappa shape index (κ2) is 50.2. The van der Waals surface area contributed by atoms with Crippen LogP contribution in [0.4, 0.5) is 0 Å². The smallest absolute Gasteiger partial charge is 0.306 e. The average Bonchev–Trinajstić information content (AvgIpc) is 3.29. The Morgan fingerprint density at radius 1 is 0.328 bits per heavy atom. The van der Waals surface area contributed by atoms with Crippen LogP contribution in [-0.2, 0) is 28.6 Å². The molecule has 0 aliphatic rings. The topological polar surface area (TPSA) is 78.9 Å². The summed E-state index contributed by atoms with van der Waals surface area (Å²) in [6, 6.07) is 0. The molecule has 0 rings (SSSR count). The van der Waals surface area contributed by atoms with Crippen LogP contribution in [-0.4, -0.2) is 37.2 Å². The summed E-state index contributed by atoms with van der Waals surface area (Å²) in [6.07, 6.45) is 76.1. The predicted octanol–water partition coefficient (Wildman–Crippen LogP) is 15.8. The first-order valence-corrected chi connectivity index (χ1v) is 23.9. The molecule has 1 atom stereocenters. The lowest BCUT2D eigenvalue weighted by Crippen LogP contribution is -2.30. The molecule has 0 aliphatic heterocycles. The first-order valence-electron chi connectivity index (χ1n) is 23.9. The van der Waals surface area contributed by atoms with E-state index in [1.54, 1.807) is 0 Å². The fourth-order valence-corrected chi connectivity index (χ4v) is 5.32. The molecular formula is C58H82O6. The molecule has 6 nitrogen and oxygen atoms in total. The van der Waals surface area contributed by atoms with Crippen molar-refractivity contribution < 1.29 is 28.6 Å². The van der Waals surface area contributed by atoms with Gasteiger partial charge in [0.15, 0.2) is 6.10 Å². The van der Waals surface area contributed by atoms with Gasteiger partial charge in [-0.2, -0.15) is 0 Å². The summed E-state index contributed by atoms with van der Waals surface area (Å²) in [4.78, 5) is 37.8. The molecule has 0 radical (unpaired) electrons. The molecule has 0 aliphatic carbocycles. The van der Waals surface area contributed by atoms with E-state index >= 15 is 0 Å². The van der Waals surface area contributed by atoms with Gasteiger partial charge in [-0.1, -0.05) is 203 Å². The minimum atomic E-state index is -0.879. The van der Waals surface area contributed by atoms with E-state index in [0.717, 1.165) is 83.5 Å². The standard InChI is InChI=1S/C58H82O6/c1-4-7-10-13-16-19-22-25-27-29-31-33-36-39-42-45-48-51-57(60)63-54-55(53-62-56(59)50-47-44-41-38-35-32-24-21-18-15-12-9-6-3)64-58(61)52-49-46-43-40-37-34-30-28-26-23-20-17-14-11-8-5-2/h7-12,15-21,24-28,31-35,37-39,41-43,46,55H,4-6,13-14,22-23,29-30,36,40,44-45,47-54H2,1-3H3/b10-7+,11-8+,12-9+,18-15+,19-16+,20-17+,24-21+,27-25+,28-26+,33-31+,35-32+,37-34+,41-38+,42-39+,46-43+. The molecule has 0 aromatic heterocycles. The molecule has 0 amide bonds. The number of hydrogen-bond donors (Lipinski definition) is 0. The highest BCUT2D eigenvalue weighted by Gasteiger charge is 2.19. The highest BCUT2D eigenvalue weighted by atomic mass is 16.6. The summed E-state index contributed by atoms with van der Waals surface area (Å²) in [5.74, 6) is -1.21. The lowest BCUT2D eigenvalue weighted by Gasteiger charge is -2.18. The van der Waals surface area contributed by atoms with E-state index in [0.29, 0.717) is 19.3 Å². The van der Waals surface area contributed by atoms with Gasteiger partial charge in [0.2, 0.25) is 0 Å². The second-order valence-electron chi connectivity index (χ2n) is 14.6. The van der Waals surface area contributed by atoms with Crippen LogP contribution in [0.15, 0.2) is 182 Å². The van der Waals surface area contributed by atoms with Crippen molar-refractivity contribution in [3.63, 3.8) is 0 Å². The third kappa shape index (κ3) is 47.6. The Morgan fingerprint density at radius 3 is 1.03 bits per heavy atom. The molecule has 0 fully saturated rings. The molecule has 0 bridgehead atoms. The maximum Gasteiger partial charge on any atom is 0.306 e. The number of carbonyl (C=O) groups is 3. The van der Waals surface area contributed by atoms with Crippen molar-refractivity contribution in [1.82, 2.24) is 0 Å². The van der Waals surface area contributed by atoms with Crippen molar-refractivity contribution in [1.29, 1.82) is 0 Å². The molecule has 0 heterocycles. The summed E-state index contributed by atoms with van der Waals surface area (Å²) < 4.78 is 16.5. The normalized spacial score (nSPS) is 13.7. The Morgan fingerprint density at radius 2 is 0.641 bits per heavy atom. The van der Waals surface area contributed by atoms with Gasteiger partial charge in [-0.3, -0.25) is 14.4 Å². The van der Waals surface area contributed by atoms with Crippen molar-refractivity contribution in [3.05, 3.63) is 182 Å². The molecule has 350 valence electrons. The fraction of sp³-hybridized carbons (Fsp3) is 0.431. The molecule has 0 N–H and O–H groups in total. The Labute approximate surface area is 389 Å². The number of ether oxygens (including phenoxy) is 3. The average molecular weight is 875 g/mol. The quantitative estimate of drug-likeness (QED) is 0.0201. The van der Waals surface area contributed by atoms with Crippen LogP contribution in [0.2, 0.25) is 0 Å². The monoisotopic (exact) mass is 875 g/mol. The summed E-state index contributed by atoms with van der Waals surface area (Å²) in [5.41, 5.74) is 0. The maximum absolute atomic E-state index is 12.7. The number of carbonyl (C=O) groups excluding carboxylic acids is 3. The van der Waals surface area contributed by atoms with Crippen LogP contribution in [0, 0.1) is 0 Å². The summed E-state index contributed by atoms with van der Waals surface area (Å²) in [7, 11) is 0. The summed E-state index contributed by atoms with van der Waals surface area (Å²) in [6.45, 7) is 6.03. The first kappa shape index (κ1) is 58.5. The number of rotatable bonds is 39. The fourth-order valence-electron chi connectivity index (χ4n) is 5.32. The summed E-state index contributed by atoms with van der Waals surface area (Å²) in [5, 5.41) is 0. The highest BCUT2D eigenvalue weighted by Crippen LogP contribution is 2.07. The van der Waals surface area contributed by atoms with Gasteiger partial charge in [0, 0.05) is 19.3 Å². The number of esters is 3. The van der Waals surface area contributed by atoms with Crippen molar-refractivity contribution in [2.45, 2.75) is 149 Å². The van der Waals surface area contributed by atoms with Crippen LogP contribution in [0.3, 0.4) is 0 Å². The third-order valence-corrected chi connectivity index (χ3v) is 8.78. The SMILES string of the molecule is CC/C=C/C=C/C=C/C=C/C=C/CCCC(=O)OCC(COC(=O)CCC/C=C/C/C=C/C/C=C/C/C=C/C/C=C/CC)OC(=O)CC/C=C/C/C=C/C/C=C/C/C=C/C/C=C/CC. The van der Waals surface area contributed by atoms with Crippen molar-refractivity contribution in [2.75, 3.05) is 13.2 Å². The van der Waals surface area contributed by atoms with Gasteiger partial charge in [-0.05, 0) is 103 Å². The van der Waals surface area contributed by atoms with Gasteiger partial charge < -0.3 is 14.2 Å². The first-order chi connectivity index (χ1) is 31.5. The number of hydrogen-bond acceptors (Lipinski definition) is 6. The number of unbranched alkanes of at least 4 members (excludes halogenated alkanes) is 2. The molecule has 0 saturated heterocycles. The van der Waals surface area contributed by atoms with E-state index in [1.807, 2.05) is 66.8 Å². The Bertz CT molecular complexity index is 1610. The molecule has 1 unspecified atom stereocenters. The molecule has 0 aromatic rings. The highest BCUT2D eigenvalue weighted by molar-refractivity contribution is 5.71.